The van der Waals surface area contributed by atoms with Crippen LogP contribution in [0.5, 0.6) is 0 Å². The Balaban J connectivity index is 1.44. The Bertz CT molecular complexity index is 1340. The molecule has 170 valence electrons. The van der Waals surface area contributed by atoms with Gasteiger partial charge < -0.3 is 4.57 Å². The van der Waals surface area contributed by atoms with E-state index < -0.39 is 10.0 Å². The smallest absolute Gasteiger partial charge is 0.243 e. The van der Waals surface area contributed by atoms with Gasteiger partial charge in [0.05, 0.1) is 15.9 Å². The fourth-order valence-electron chi connectivity index (χ4n) is 4.68. The summed E-state index contributed by atoms with van der Waals surface area (Å²) in [6.45, 7) is 0.575. The monoisotopic (exact) mass is 460 g/mol. The summed E-state index contributed by atoms with van der Waals surface area (Å²) in [7, 11) is -1.78. The van der Waals surface area contributed by atoms with Gasteiger partial charge in [0, 0.05) is 25.8 Å². The molecule has 2 aromatic heterocycles. The van der Waals surface area contributed by atoms with Crippen LogP contribution in [-0.2, 0) is 16.6 Å². The van der Waals surface area contributed by atoms with Crippen LogP contribution in [-0.4, -0.2) is 40.3 Å². The van der Waals surface area contributed by atoms with Gasteiger partial charge in [-0.25, -0.2) is 13.4 Å². The van der Waals surface area contributed by atoms with E-state index in [2.05, 4.69) is 9.55 Å². The zero-order valence-electron chi connectivity index (χ0n) is 18.8. The number of benzene rings is 2. The van der Waals surface area contributed by atoms with Crippen LogP contribution in [0.1, 0.15) is 37.7 Å². The van der Waals surface area contributed by atoms with Crippen molar-refractivity contribution in [3.05, 3.63) is 78.5 Å². The zero-order valence-corrected chi connectivity index (χ0v) is 19.6. The molecule has 0 atom stereocenters. The molecule has 2 aromatic carbocycles. The third-order valence-electron chi connectivity index (χ3n) is 6.58. The lowest BCUT2D eigenvalue weighted by Crippen LogP contribution is -2.38. The molecule has 1 aliphatic rings. The van der Waals surface area contributed by atoms with E-state index in [0.717, 1.165) is 53.8 Å². The van der Waals surface area contributed by atoms with Crippen LogP contribution in [0.2, 0.25) is 0 Å². The standard InChI is InChI=1S/C26H28N4O2S/c1-29(21-9-3-2-4-10-21)33(31,32)22-16-14-20(15-17-22)19-30-25-13-6-5-11-23(25)28-26(30)24-12-7-8-18-27-24/h5-8,11-18,21H,2-4,9-10,19H2,1H3. The fourth-order valence-corrected chi connectivity index (χ4v) is 6.10. The predicted octanol–water partition coefficient (Wildman–Crippen LogP) is 5.10. The third kappa shape index (κ3) is 4.30. The van der Waals surface area contributed by atoms with Gasteiger partial charge in [0.2, 0.25) is 10.0 Å². The molecule has 1 aliphatic carbocycles. The van der Waals surface area contributed by atoms with Gasteiger partial charge in [-0.05, 0) is 54.8 Å². The molecule has 5 rings (SSSR count). The van der Waals surface area contributed by atoms with E-state index in [0.29, 0.717) is 11.4 Å². The second kappa shape index (κ2) is 9.08. The van der Waals surface area contributed by atoms with E-state index in [4.69, 9.17) is 4.98 Å². The molecule has 0 saturated heterocycles. The summed E-state index contributed by atoms with van der Waals surface area (Å²) in [4.78, 5) is 9.64. The van der Waals surface area contributed by atoms with Crippen molar-refractivity contribution in [3.63, 3.8) is 0 Å². The van der Waals surface area contributed by atoms with Gasteiger partial charge in [0.1, 0.15) is 5.69 Å². The van der Waals surface area contributed by atoms with Gasteiger partial charge in [-0.3, -0.25) is 4.98 Å². The number of fused-ring (bicyclic) bond motifs is 1. The second-order valence-electron chi connectivity index (χ2n) is 8.68. The van der Waals surface area contributed by atoms with Gasteiger partial charge in [-0.1, -0.05) is 49.6 Å². The molecule has 7 heteroatoms. The average Bonchev–Trinajstić information content (AvgIpc) is 3.23. The highest BCUT2D eigenvalue weighted by molar-refractivity contribution is 7.89. The highest BCUT2D eigenvalue weighted by Gasteiger charge is 2.29. The van der Waals surface area contributed by atoms with Crippen molar-refractivity contribution in [2.24, 2.45) is 0 Å². The molecule has 0 unspecified atom stereocenters. The largest absolute Gasteiger partial charge is 0.318 e. The Morgan fingerprint density at radius 2 is 1.67 bits per heavy atom. The number of hydrogen-bond acceptors (Lipinski definition) is 4. The molecular formula is C26H28N4O2S. The first-order chi connectivity index (χ1) is 16.0. The first kappa shape index (κ1) is 21.8. The zero-order chi connectivity index (χ0) is 22.8. The van der Waals surface area contributed by atoms with Crippen LogP contribution >= 0.6 is 0 Å². The molecule has 0 amide bonds. The maximum absolute atomic E-state index is 13.2. The van der Waals surface area contributed by atoms with Crippen molar-refractivity contribution in [2.75, 3.05) is 7.05 Å². The summed E-state index contributed by atoms with van der Waals surface area (Å²) < 4.78 is 30.1. The van der Waals surface area contributed by atoms with Gasteiger partial charge in [-0.15, -0.1) is 0 Å². The van der Waals surface area contributed by atoms with Crippen molar-refractivity contribution < 1.29 is 8.42 Å². The summed E-state index contributed by atoms with van der Waals surface area (Å²) in [6.07, 6.45) is 7.04. The molecule has 33 heavy (non-hydrogen) atoms. The Morgan fingerprint density at radius 1 is 0.939 bits per heavy atom. The van der Waals surface area contributed by atoms with Gasteiger partial charge in [-0.2, -0.15) is 4.31 Å². The first-order valence-electron chi connectivity index (χ1n) is 11.5. The first-order valence-corrected chi connectivity index (χ1v) is 12.9. The van der Waals surface area contributed by atoms with Crippen molar-refractivity contribution >= 4 is 21.1 Å². The Kier molecular flexibility index (Phi) is 6.00. The summed E-state index contributed by atoms with van der Waals surface area (Å²) in [5, 5.41) is 0. The van der Waals surface area contributed by atoms with Crippen molar-refractivity contribution in [3.8, 4) is 11.5 Å². The Hall–Kier alpha value is -3.03. The molecule has 1 fully saturated rings. The molecule has 0 radical (unpaired) electrons. The quantitative estimate of drug-likeness (QED) is 0.401. The number of pyridine rings is 1. The third-order valence-corrected chi connectivity index (χ3v) is 8.50. The molecule has 6 nitrogen and oxygen atoms in total. The van der Waals surface area contributed by atoms with Crippen molar-refractivity contribution in [1.29, 1.82) is 0 Å². The minimum atomic E-state index is -3.50. The highest BCUT2D eigenvalue weighted by atomic mass is 32.2. The molecule has 4 aromatic rings. The highest BCUT2D eigenvalue weighted by Crippen LogP contribution is 2.28. The van der Waals surface area contributed by atoms with Gasteiger partial charge >= 0.3 is 0 Å². The molecule has 0 aliphatic heterocycles. The van der Waals surface area contributed by atoms with E-state index in [1.165, 1.54) is 6.42 Å². The summed E-state index contributed by atoms with van der Waals surface area (Å²) in [5.41, 5.74) is 3.75. The lowest BCUT2D eigenvalue weighted by molar-refractivity contribution is 0.286. The minimum absolute atomic E-state index is 0.0988. The van der Waals surface area contributed by atoms with Crippen LogP contribution in [0.25, 0.3) is 22.6 Å². The lowest BCUT2D eigenvalue weighted by atomic mass is 9.96. The predicted molar refractivity (Wildman–Crippen MR) is 130 cm³/mol. The summed E-state index contributed by atoms with van der Waals surface area (Å²) >= 11 is 0. The van der Waals surface area contributed by atoms with Crippen molar-refractivity contribution in [2.45, 2.75) is 49.6 Å². The van der Waals surface area contributed by atoms with Crippen LogP contribution in [0, 0.1) is 0 Å². The number of para-hydroxylation sites is 2. The Morgan fingerprint density at radius 3 is 2.39 bits per heavy atom. The van der Waals surface area contributed by atoms with Crippen LogP contribution in [0.3, 0.4) is 0 Å². The SMILES string of the molecule is CN(C1CCCCC1)S(=O)(=O)c1ccc(Cn2c(-c3ccccn3)nc3ccccc32)cc1. The number of rotatable bonds is 6. The Labute approximate surface area is 195 Å². The molecule has 0 bridgehead atoms. The van der Waals surface area contributed by atoms with E-state index >= 15 is 0 Å². The van der Waals surface area contributed by atoms with E-state index in [-0.39, 0.29) is 6.04 Å². The van der Waals surface area contributed by atoms with E-state index in [9.17, 15) is 8.42 Å². The lowest BCUT2D eigenvalue weighted by Gasteiger charge is -2.30. The molecule has 1 saturated carbocycles. The average molecular weight is 461 g/mol. The van der Waals surface area contributed by atoms with Crippen LogP contribution < -0.4 is 0 Å². The topological polar surface area (TPSA) is 68.1 Å². The maximum atomic E-state index is 13.2. The molecule has 0 spiro atoms. The number of nitrogens with zero attached hydrogens (tertiary/aromatic N) is 4. The van der Waals surface area contributed by atoms with E-state index in [1.54, 1.807) is 29.7 Å². The number of hydrogen-bond donors (Lipinski definition) is 0. The molecule has 2 heterocycles. The number of imidazole rings is 1. The van der Waals surface area contributed by atoms with Gasteiger partial charge in [0.25, 0.3) is 0 Å². The molecule has 0 N–H and O–H groups in total. The number of aromatic nitrogens is 3. The van der Waals surface area contributed by atoms with Gasteiger partial charge in [0.15, 0.2) is 5.82 Å². The van der Waals surface area contributed by atoms with Crippen LogP contribution in [0.15, 0.2) is 77.8 Å². The summed E-state index contributed by atoms with van der Waals surface area (Å²) in [6, 6.07) is 21.2. The normalized spacial score (nSPS) is 15.3. The minimum Gasteiger partial charge on any atom is -0.318 e. The second-order valence-corrected chi connectivity index (χ2v) is 10.7. The maximum Gasteiger partial charge on any atom is 0.243 e. The van der Waals surface area contributed by atoms with Crippen LogP contribution in [0.4, 0.5) is 0 Å². The number of sulfonamides is 1. The summed E-state index contributed by atoms with van der Waals surface area (Å²) in [5.74, 6) is 0.797. The molecular weight excluding hydrogens is 432 g/mol. The van der Waals surface area contributed by atoms with Crippen molar-refractivity contribution in [1.82, 2.24) is 18.8 Å². The fraction of sp³-hybridized carbons (Fsp3) is 0.308. The van der Waals surface area contributed by atoms with E-state index in [1.807, 2.05) is 54.6 Å².